The SMILES string of the molecule is Cc1ccc([C@@H]2c3cccn3CCCN2Cc2ccc(F)c(Cl)c2)cc1. The lowest BCUT2D eigenvalue weighted by Gasteiger charge is -2.31. The van der Waals surface area contributed by atoms with Crippen LogP contribution in [-0.4, -0.2) is 16.0 Å². The van der Waals surface area contributed by atoms with E-state index in [1.54, 1.807) is 6.07 Å². The van der Waals surface area contributed by atoms with E-state index in [0.29, 0.717) is 0 Å². The maximum atomic E-state index is 13.5. The molecule has 0 aliphatic carbocycles. The number of halogens is 2. The van der Waals surface area contributed by atoms with Gasteiger partial charge in [0.25, 0.3) is 0 Å². The van der Waals surface area contributed by atoms with Crippen LogP contribution in [0, 0.1) is 12.7 Å². The van der Waals surface area contributed by atoms with Gasteiger partial charge in [-0.05, 0) is 48.7 Å². The topological polar surface area (TPSA) is 8.17 Å². The van der Waals surface area contributed by atoms with Gasteiger partial charge in [-0.2, -0.15) is 0 Å². The molecule has 4 rings (SSSR count). The minimum Gasteiger partial charge on any atom is -0.350 e. The van der Waals surface area contributed by atoms with Crippen LogP contribution < -0.4 is 0 Å². The molecule has 0 saturated carbocycles. The minimum absolute atomic E-state index is 0.178. The first kappa shape index (κ1) is 17.3. The molecule has 0 spiro atoms. The molecule has 1 aromatic heterocycles. The zero-order chi connectivity index (χ0) is 18.1. The molecule has 2 aromatic carbocycles. The summed E-state index contributed by atoms with van der Waals surface area (Å²) in [5.74, 6) is -0.366. The molecule has 1 aliphatic rings. The van der Waals surface area contributed by atoms with Crippen molar-refractivity contribution in [2.45, 2.75) is 32.5 Å². The lowest BCUT2D eigenvalue weighted by atomic mass is 10.00. The van der Waals surface area contributed by atoms with Gasteiger partial charge in [-0.1, -0.05) is 47.5 Å². The Morgan fingerprint density at radius 3 is 2.65 bits per heavy atom. The van der Waals surface area contributed by atoms with Crippen molar-refractivity contribution < 1.29 is 4.39 Å². The van der Waals surface area contributed by atoms with E-state index >= 15 is 0 Å². The fourth-order valence-electron chi connectivity index (χ4n) is 3.81. The van der Waals surface area contributed by atoms with E-state index in [-0.39, 0.29) is 16.9 Å². The number of fused-ring (bicyclic) bond motifs is 1. The minimum atomic E-state index is -0.366. The zero-order valence-corrected chi connectivity index (χ0v) is 15.6. The first-order valence-electron chi connectivity index (χ1n) is 9.01. The Balaban J connectivity index is 1.73. The Morgan fingerprint density at radius 1 is 1.08 bits per heavy atom. The van der Waals surface area contributed by atoms with Gasteiger partial charge in [0.2, 0.25) is 0 Å². The van der Waals surface area contributed by atoms with Crippen molar-refractivity contribution >= 4 is 11.6 Å². The van der Waals surface area contributed by atoms with E-state index in [1.165, 1.54) is 22.9 Å². The number of rotatable bonds is 3. The molecule has 0 fully saturated rings. The molecule has 134 valence electrons. The van der Waals surface area contributed by atoms with E-state index in [2.05, 4.69) is 59.0 Å². The van der Waals surface area contributed by atoms with Crippen LogP contribution in [0.4, 0.5) is 4.39 Å². The van der Waals surface area contributed by atoms with Gasteiger partial charge in [-0.3, -0.25) is 4.90 Å². The number of nitrogens with zero attached hydrogens (tertiary/aromatic N) is 2. The van der Waals surface area contributed by atoms with Gasteiger partial charge in [0.15, 0.2) is 0 Å². The summed E-state index contributed by atoms with van der Waals surface area (Å²) in [5, 5.41) is 0.188. The number of aromatic nitrogens is 1. The smallest absolute Gasteiger partial charge is 0.141 e. The van der Waals surface area contributed by atoms with Gasteiger partial charge in [-0.25, -0.2) is 4.39 Å². The fourth-order valence-corrected chi connectivity index (χ4v) is 4.02. The van der Waals surface area contributed by atoms with Gasteiger partial charge in [0, 0.05) is 31.5 Å². The van der Waals surface area contributed by atoms with Crippen LogP contribution in [0.3, 0.4) is 0 Å². The number of benzene rings is 2. The maximum absolute atomic E-state index is 13.5. The van der Waals surface area contributed by atoms with Crippen molar-refractivity contribution in [1.82, 2.24) is 9.47 Å². The predicted octanol–water partition coefficient (Wildman–Crippen LogP) is 5.58. The fraction of sp³-hybridized carbons (Fsp3) is 0.273. The monoisotopic (exact) mass is 368 g/mol. The summed E-state index contributed by atoms with van der Waals surface area (Å²) in [6.07, 6.45) is 3.24. The third-order valence-electron chi connectivity index (χ3n) is 5.12. The molecule has 3 aromatic rings. The standard InChI is InChI=1S/C22H22ClFN2/c1-16-5-8-18(9-6-16)22-21-4-2-11-25(21)12-3-13-26(22)15-17-7-10-20(24)19(23)14-17/h2,4-11,14,22H,3,12-13,15H2,1H3/t22-/m1/s1. The molecule has 1 atom stereocenters. The summed E-state index contributed by atoms with van der Waals surface area (Å²) in [5.41, 5.74) is 4.88. The van der Waals surface area contributed by atoms with E-state index < -0.39 is 0 Å². The summed E-state index contributed by atoms with van der Waals surface area (Å²) in [6, 6.07) is 18.3. The highest BCUT2D eigenvalue weighted by molar-refractivity contribution is 6.30. The lowest BCUT2D eigenvalue weighted by molar-refractivity contribution is 0.220. The first-order chi connectivity index (χ1) is 12.6. The zero-order valence-electron chi connectivity index (χ0n) is 14.8. The van der Waals surface area contributed by atoms with Crippen molar-refractivity contribution in [3.63, 3.8) is 0 Å². The maximum Gasteiger partial charge on any atom is 0.141 e. The van der Waals surface area contributed by atoms with E-state index in [0.717, 1.165) is 31.6 Å². The highest BCUT2D eigenvalue weighted by Crippen LogP contribution is 2.33. The second-order valence-electron chi connectivity index (χ2n) is 7.01. The first-order valence-corrected chi connectivity index (χ1v) is 9.39. The molecular formula is C22H22ClFN2. The van der Waals surface area contributed by atoms with Crippen LogP contribution in [-0.2, 0) is 13.1 Å². The van der Waals surface area contributed by atoms with Gasteiger partial charge < -0.3 is 4.57 Å². The van der Waals surface area contributed by atoms with Gasteiger partial charge >= 0.3 is 0 Å². The van der Waals surface area contributed by atoms with Crippen molar-refractivity contribution in [1.29, 1.82) is 0 Å². The molecule has 0 radical (unpaired) electrons. The summed E-state index contributed by atoms with van der Waals surface area (Å²) in [7, 11) is 0. The number of hydrogen-bond acceptors (Lipinski definition) is 1. The second-order valence-corrected chi connectivity index (χ2v) is 7.42. The highest BCUT2D eigenvalue weighted by Gasteiger charge is 2.27. The van der Waals surface area contributed by atoms with Crippen molar-refractivity contribution in [2.75, 3.05) is 6.54 Å². The second kappa shape index (κ2) is 7.26. The van der Waals surface area contributed by atoms with Crippen LogP contribution in [0.5, 0.6) is 0 Å². The molecule has 2 heterocycles. The van der Waals surface area contributed by atoms with E-state index in [4.69, 9.17) is 11.6 Å². The van der Waals surface area contributed by atoms with E-state index in [9.17, 15) is 4.39 Å². The number of hydrogen-bond donors (Lipinski definition) is 0. The Labute approximate surface area is 158 Å². The van der Waals surface area contributed by atoms with Crippen molar-refractivity contribution in [3.05, 3.63) is 94.0 Å². The van der Waals surface area contributed by atoms with Gasteiger partial charge in [0.1, 0.15) is 5.82 Å². The largest absolute Gasteiger partial charge is 0.350 e. The van der Waals surface area contributed by atoms with Crippen LogP contribution in [0.25, 0.3) is 0 Å². The molecule has 0 unspecified atom stereocenters. The quantitative estimate of drug-likeness (QED) is 0.585. The average Bonchev–Trinajstić information content (AvgIpc) is 3.01. The van der Waals surface area contributed by atoms with Gasteiger partial charge in [-0.15, -0.1) is 0 Å². The molecule has 26 heavy (non-hydrogen) atoms. The summed E-state index contributed by atoms with van der Waals surface area (Å²) < 4.78 is 15.9. The third kappa shape index (κ3) is 3.42. The Hall–Kier alpha value is -2.10. The van der Waals surface area contributed by atoms with Crippen molar-refractivity contribution in [2.24, 2.45) is 0 Å². The molecule has 0 saturated heterocycles. The number of aryl methyl sites for hydroxylation is 2. The summed E-state index contributed by atoms with van der Waals surface area (Å²) in [6.45, 7) is 4.85. The molecule has 0 amide bonds. The summed E-state index contributed by atoms with van der Waals surface area (Å²) >= 11 is 6.00. The average molecular weight is 369 g/mol. The Bertz CT molecular complexity index is 901. The van der Waals surface area contributed by atoms with Crippen LogP contribution >= 0.6 is 11.6 Å². The highest BCUT2D eigenvalue weighted by atomic mass is 35.5. The summed E-state index contributed by atoms with van der Waals surface area (Å²) in [4.78, 5) is 2.47. The molecule has 4 heteroatoms. The lowest BCUT2D eigenvalue weighted by Crippen LogP contribution is -2.29. The normalized spacial score (nSPS) is 17.7. The van der Waals surface area contributed by atoms with Crippen LogP contribution in [0.15, 0.2) is 60.8 Å². The van der Waals surface area contributed by atoms with Crippen LogP contribution in [0.1, 0.15) is 34.8 Å². The Morgan fingerprint density at radius 2 is 1.88 bits per heavy atom. The van der Waals surface area contributed by atoms with E-state index in [1.807, 2.05) is 6.07 Å². The van der Waals surface area contributed by atoms with Crippen molar-refractivity contribution in [3.8, 4) is 0 Å². The molecule has 1 aliphatic heterocycles. The molecule has 0 N–H and O–H groups in total. The Kier molecular flexibility index (Phi) is 4.84. The van der Waals surface area contributed by atoms with Crippen LogP contribution in [0.2, 0.25) is 5.02 Å². The molecular weight excluding hydrogens is 347 g/mol. The predicted molar refractivity (Wildman–Crippen MR) is 104 cm³/mol. The molecule has 0 bridgehead atoms. The molecule has 2 nitrogen and oxygen atoms in total. The van der Waals surface area contributed by atoms with Gasteiger partial charge in [0.05, 0.1) is 11.1 Å². The third-order valence-corrected chi connectivity index (χ3v) is 5.41.